The molecule has 0 aromatic heterocycles. The molecule has 1 atom stereocenters. The molecule has 2 aliphatic rings. The number of hydrogen-bond donors (Lipinski definition) is 2. The maximum absolute atomic E-state index is 13.8. The summed E-state index contributed by atoms with van der Waals surface area (Å²) in [4.78, 5) is 15.2. The van der Waals surface area contributed by atoms with E-state index >= 15 is 0 Å². The van der Waals surface area contributed by atoms with Crippen molar-refractivity contribution in [2.75, 3.05) is 36.8 Å². The van der Waals surface area contributed by atoms with E-state index in [2.05, 4.69) is 5.32 Å². The van der Waals surface area contributed by atoms with Crippen LogP contribution in [0, 0.1) is 5.82 Å². The van der Waals surface area contributed by atoms with Gasteiger partial charge in [-0.3, -0.25) is 0 Å². The summed E-state index contributed by atoms with van der Waals surface area (Å²) in [5.41, 5.74) is 6.52. The number of carbonyl (C=O) groups is 1. The number of fused-ring (bicyclic) bond motifs is 1. The fourth-order valence-electron chi connectivity index (χ4n) is 2.60. The first-order valence-electron chi connectivity index (χ1n) is 5.99. The average molecular weight is 250 g/mol. The number of piperazine rings is 1. The highest BCUT2D eigenvalue weighted by Gasteiger charge is 2.35. The third-order valence-corrected chi connectivity index (χ3v) is 3.54. The second-order valence-corrected chi connectivity index (χ2v) is 4.69. The first-order chi connectivity index (χ1) is 8.65. The van der Waals surface area contributed by atoms with E-state index in [1.165, 1.54) is 6.07 Å². The van der Waals surface area contributed by atoms with Crippen molar-refractivity contribution < 1.29 is 9.18 Å². The van der Waals surface area contributed by atoms with Crippen LogP contribution in [-0.4, -0.2) is 43.2 Å². The summed E-state index contributed by atoms with van der Waals surface area (Å²) in [5, 5.41) is 2.80. The number of anilines is 2. The van der Waals surface area contributed by atoms with Gasteiger partial charge in [-0.1, -0.05) is 0 Å². The number of urea groups is 1. The van der Waals surface area contributed by atoms with Crippen molar-refractivity contribution >= 4 is 17.4 Å². The van der Waals surface area contributed by atoms with Gasteiger partial charge in [0.15, 0.2) is 0 Å². The van der Waals surface area contributed by atoms with Crippen LogP contribution in [0.2, 0.25) is 0 Å². The van der Waals surface area contributed by atoms with Gasteiger partial charge in [-0.25, -0.2) is 9.18 Å². The van der Waals surface area contributed by atoms with Crippen LogP contribution in [0.25, 0.3) is 0 Å². The zero-order valence-electron chi connectivity index (χ0n) is 9.90. The molecular formula is C12H15FN4O. The lowest BCUT2D eigenvalue weighted by Gasteiger charge is -2.37. The molecule has 0 aliphatic carbocycles. The van der Waals surface area contributed by atoms with E-state index in [0.717, 1.165) is 0 Å². The quantitative estimate of drug-likeness (QED) is 0.718. The van der Waals surface area contributed by atoms with Gasteiger partial charge in [-0.2, -0.15) is 0 Å². The summed E-state index contributed by atoms with van der Waals surface area (Å²) in [6, 6.07) is 4.84. The molecule has 0 bridgehead atoms. The van der Waals surface area contributed by atoms with Crippen LogP contribution in [0.15, 0.2) is 18.2 Å². The lowest BCUT2D eigenvalue weighted by atomic mass is 10.1. The first kappa shape index (κ1) is 11.1. The minimum Gasteiger partial charge on any atom is -0.399 e. The van der Waals surface area contributed by atoms with E-state index in [0.29, 0.717) is 37.6 Å². The highest BCUT2D eigenvalue weighted by Crippen LogP contribution is 2.25. The van der Waals surface area contributed by atoms with Gasteiger partial charge in [0.25, 0.3) is 0 Å². The van der Waals surface area contributed by atoms with Crippen molar-refractivity contribution in [3.8, 4) is 0 Å². The van der Waals surface area contributed by atoms with Gasteiger partial charge >= 0.3 is 6.03 Å². The number of hydrogen-bond acceptors (Lipinski definition) is 3. The highest BCUT2D eigenvalue weighted by atomic mass is 19.1. The number of rotatable bonds is 1. The van der Waals surface area contributed by atoms with Crippen LogP contribution in [-0.2, 0) is 0 Å². The zero-order chi connectivity index (χ0) is 12.7. The number of amides is 2. The molecule has 1 aromatic carbocycles. The van der Waals surface area contributed by atoms with E-state index in [-0.39, 0.29) is 17.9 Å². The van der Waals surface area contributed by atoms with Gasteiger partial charge in [-0.05, 0) is 18.2 Å². The Kier molecular flexibility index (Phi) is 2.50. The molecular weight excluding hydrogens is 235 g/mol. The minimum atomic E-state index is -0.305. The molecule has 5 nitrogen and oxygen atoms in total. The van der Waals surface area contributed by atoms with Gasteiger partial charge in [0.1, 0.15) is 5.82 Å². The largest absolute Gasteiger partial charge is 0.399 e. The Balaban J connectivity index is 1.80. The van der Waals surface area contributed by atoms with Crippen molar-refractivity contribution in [2.24, 2.45) is 0 Å². The van der Waals surface area contributed by atoms with E-state index < -0.39 is 0 Å². The van der Waals surface area contributed by atoms with Crippen molar-refractivity contribution in [1.29, 1.82) is 0 Å². The monoisotopic (exact) mass is 250 g/mol. The Morgan fingerprint density at radius 1 is 1.39 bits per heavy atom. The van der Waals surface area contributed by atoms with Crippen LogP contribution in [0.1, 0.15) is 0 Å². The van der Waals surface area contributed by atoms with Gasteiger partial charge in [0.05, 0.1) is 11.7 Å². The number of halogens is 1. The van der Waals surface area contributed by atoms with E-state index in [1.54, 1.807) is 12.1 Å². The third kappa shape index (κ3) is 1.73. The van der Waals surface area contributed by atoms with Crippen LogP contribution < -0.4 is 16.0 Å². The molecule has 2 fully saturated rings. The molecule has 1 unspecified atom stereocenters. The summed E-state index contributed by atoms with van der Waals surface area (Å²) in [5.74, 6) is -0.305. The molecule has 0 spiro atoms. The Bertz CT molecular complexity index is 493. The van der Waals surface area contributed by atoms with Crippen molar-refractivity contribution in [1.82, 2.24) is 10.2 Å². The van der Waals surface area contributed by atoms with Crippen LogP contribution in [0.3, 0.4) is 0 Å². The summed E-state index contributed by atoms with van der Waals surface area (Å²) in [6.45, 7) is 2.55. The summed E-state index contributed by atoms with van der Waals surface area (Å²) >= 11 is 0. The summed E-state index contributed by atoms with van der Waals surface area (Å²) in [7, 11) is 0. The molecule has 2 saturated heterocycles. The normalized spacial score (nSPS) is 22.9. The SMILES string of the molecule is Nc1ccc(N2CCN3C(=O)NCC3C2)c(F)c1. The first-order valence-corrected chi connectivity index (χ1v) is 5.99. The predicted octanol–water partition coefficient (Wildman–Crippen LogP) is 0.622. The Hall–Kier alpha value is -1.98. The Morgan fingerprint density at radius 3 is 3.00 bits per heavy atom. The number of benzene rings is 1. The molecule has 3 N–H and O–H groups in total. The van der Waals surface area contributed by atoms with Crippen molar-refractivity contribution in [2.45, 2.75) is 6.04 Å². The molecule has 6 heteroatoms. The van der Waals surface area contributed by atoms with Gasteiger partial charge in [0, 0.05) is 31.9 Å². The maximum Gasteiger partial charge on any atom is 0.317 e. The smallest absolute Gasteiger partial charge is 0.317 e. The van der Waals surface area contributed by atoms with Gasteiger partial charge in [0.2, 0.25) is 0 Å². The second-order valence-electron chi connectivity index (χ2n) is 4.69. The molecule has 2 amide bonds. The molecule has 0 radical (unpaired) electrons. The third-order valence-electron chi connectivity index (χ3n) is 3.54. The molecule has 2 aliphatic heterocycles. The number of nitrogens with one attached hydrogen (secondary N) is 1. The van der Waals surface area contributed by atoms with E-state index in [4.69, 9.17) is 5.73 Å². The van der Waals surface area contributed by atoms with Crippen LogP contribution in [0.4, 0.5) is 20.6 Å². The summed E-state index contributed by atoms with van der Waals surface area (Å²) in [6.07, 6.45) is 0. The summed E-state index contributed by atoms with van der Waals surface area (Å²) < 4.78 is 13.8. The number of nitrogen functional groups attached to an aromatic ring is 1. The zero-order valence-corrected chi connectivity index (χ0v) is 9.90. The predicted molar refractivity (Wildman–Crippen MR) is 66.9 cm³/mol. The highest BCUT2D eigenvalue weighted by molar-refractivity contribution is 5.77. The van der Waals surface area contributed by atoms with Crippen molar-refractivity contribution in [3.05, 3.63) is 24.0 Å². The molecule has 0 saturated carbocycles. The maximum atomic E-state index is 13.8. The standard InChI is InChI=1S/C12H15FN4O/c13-10-5-8(14)1-2-11(10)16-3-4-17-9(7-16)6-15-12(17)18/h1-2,5,9H,3-4,6-7,14H2,(H,15,18). The van der Waals surface area contributed by atoms with E-state index in [9.17, 15) is 9.18 Å². The van der Waals surface area contributed by atoms with Crippen LogP contribution >= 0.6 is 0 Å². The molecule has 1 aromatic rings. The minimum absolute atomic E-state index is 0.0163. The van der Waals surface area contributed by atoms with Crippen molar-refractivity contribution in [3.63, 3.8) is 0 Å². The number of nitrogens with two attached hydrogens (primary N) is 1. The lowest BCUT2D eigenvalue weighted by Crippen LogP contribution is -2.52. The van der Waals surface area contributed by atoms with Crippen LogP contribution in [0.5, 0.6) is 0 Å². The number of carbonyl (C=O) groups excluding carboxylic acids is 1. The average Bonchev–Trinajstić information content (AvgIpc) is 2.71. The molecule has 18 heavy (non-hydrogen) atoms. The topological polar surface area (TPSA) is 61.6 Å². The molecule has 3 rings (SSSR count). The fraction of sp³-hybridized carbons (Fsp3) is 0.417. The Labute approximate surface area is 104 Å². The van der Waals surface area contributed by atoms with Gasteiger partial charge < -0.3 is 20.9 Å². The second kappa shape index (κ2) is 4.04. The Morgan fingerprint density at radius 2 is 2.22 bits per heavy atom. The lowest BCUT2D eigenvalue weighted by molar-refractivity contribution is 0.197. The molecule has 96 valence electrons. The van der Waals surface area contributed by atoms with Gasteiger partial charge in [-0.15, -0.1) is 0 Å². The number of nitrogens with zero attached hydrogens (tertiary/aromatic N) is 2. The molecule has 2 heterocycles. The van der Waals surface area contributed by atoms with E-state index in [1.807, 2.05) is 9.80 Å². The fourth-order valence-corrected chi connectivity index (χ4v) is 2.60.